The Morgan fingerprint density at radius 3 is 2.52 bits per heavy atom. The summed E-state index contributed by atoms with van der Waals surface area (Å²) in [4.78, 5) is 13.3. The second kappa shape index (κ2) is 7.73. The number of benzene rings is 1. The maximum Gasteiger partial charge on any atom is 0.233 e. The molecule has 1 aliphatic carbocycles. The van der Waals surface area contributed by atoms with Gasteiger partial charge < -0.3 is 11.1 Å². The lowest BCUT2D eigenvalue weighted by atomic mass is 9.96. The molecule has 0 saturated heterocycles. The molecule has 0 aromatic heterocycles. The van der Waals surface area contributed by atoms with Crippen LogP contribution in [0.4, 0.5) is 0 Å². The Morgan fingerprint density at radius 2 is 2.05 bits per heavy atom. The molecule has 0 aliphatic heterocycles. The largest absolute Gasteiger partial charge is 0.348 e. The minimum Gasteiger partial charge on any atom is -0.348 e. The molecule has 1 aliphatic rings. The molecule has 0 heterocycles. The minimum absolute atomic E-state index is 0. The van der Waals surface area contributed by atoms with Crippen molar-refractivity contribution in [3.8, 4) is 0 Å². The molecule has 2 rings (SSSR count). The second-order valence-corrected chi connectivity index (χ2v) is 7.45. The third-order valence-corrected chi connectivity index (χ3v) is 5.17. The van der Waals surface area contributed by atoms with Gasteiger partial charge in [-0.1, -0.05) is 11.6 Å². The van der Waals surface area contributed by atoms with Crippen molar-refractivity contribution in [2.24, 2.45) is 11.7 Å². The highest BCUT2D eigenvalue weighted by atomic mass is 35.5. The van der Waals surface area contributed by atoms with E-state index in [1.165, 1.54) is 11.8 Å². The molecule has 3 nitrogen and oxygen atoms in total. The van der Waals surface area contributed by atoms with Crippen LogP contribution in [0.15, 0.2) is 29.2 Å². The Morgan fingerprint density at radius 1 is 1.48 bits per heavy atom. The fourth-order valence-corrected chi connectivity index (χ4v) is 3.19. The van der Waals surface area contributed by atoms with Gasteiger partial charge in [-0.2, -0.15) is 0 Å². The molecule has 1 aromatic rings. The normalized spacial score (nSPS) is 18.3. The summed E-state index contributed by atoms with van der Waals surface area (Å²) in [5.41, 5.74) is 5.57. The summed E-state index contributed by atoms with van der Waals surface area (Å²) in [6.45, 7) is 4.45. The molecule has 21 heavy (non-hydrogen) atoms. The fraction of sp³-hybridized carbons (Fsp3) is 0.533. The summed E-state index contributed by atoms with van der Waals surface area (Å²) in [6, 6.07) is 7.53. The lowest BCUT2D eigenvalue weighted by molar-refractivity contribution is -0.122. The van der Waals surface area contributed by atoms with Crippen LogP contribution in [0.3, 0.4) is 0 Å². The second-order valence-electron chi connectivity index (χ2n) is 5.60. The van der Waals surface area contributed by atoms with Gasteiger partial charge in [0.1, 0.15) is 0 Å². The van der Waals surface area contributed by atoms with Gasteiger partial charge in [0.2, 0.25) is 5.91 Å². The molecule has 118 valence electrons. The van der Waals surface area contributed by atoms with E-state index in [-0.39, 0.29) is 29.1 Å². The van der Waals surface area contributed by atoms with E-state index in [9.17, 15) is 4.79 Å². The monoisotopic (exact) mass is 348 g/mol. The molecule has 0 radical (unpaired) electrons. The molecule has 0 bridgehead atoms. The first kappa shape index (κ1) is 18.6. The number of nitrogens with one attached hydrogen (secondary N) is 1. The Kier molecular flexibility index (Phi) is 6.85. The molecule has 1 fully saturated rings. The first-order chi connectivity index (χ1) is 9.44. The zero-order chi connectivity index (χ0) is 14.8. The molecule has 3 N–H and O–H groups in total. The number of nitrogens with two attached hydrogens (primary N) is 1. The van der Waals surface area contributed by atoms with Gasteiger partial charge in [-0.25, -0.2) is 0 Å². The van der Waals surface area contributed by atoms with E-state index in [1.807, 2.05) is 38.1 Å². The topological polar surface area (TPSA) is 55.1 Å². The van der Waals surface area contributed by atoms with Crippen molar-refractivity contribution in [2.45, 2.75) is 42.4 Å². The highest BCUT2D eigenvalue weighted by Gasteiger charge is 2.42. The minimum atomic E-state index is -0.258. The zero-order valence-electron chi connectivity index (χ0n) is 12.3. The Bertz CT molecular complexity index is 479. The summed E-state index contributed by atoms with van der Waals surface area (Å²) in [6.07, 6.45) is 2.32. The summed E-state index contributed by atoms with van der Waals surface area (Å²) in [5.74, 6) is 0.578. The van der Waals surface area contributed by atoms with Crippen LogP contribution in [0, 0.1) is 5.92 Å². The van der Waals surface area contributed by atoms with E-state index in [2.05, 4.69) is 5.32 Å². The maximum absolute atomic E-state index is 12.3. The van der Waals surface area contributed by atoms with Crippen molar-refractivity contribution in [3.05, 3.63) is 29.3 Å². The lowest BCUT2D eigenvalue weighted by Gasteiger charge is -2.30. The predicted octanol–water partition coefficient (Wildman–Crippen LogP) is 3.49. The lowest BCUT2D eigenvalue weighted by Crippen LogP contribution is -2.54. The molecule has 1 saturated carbocycles. The Balaban J connectivity index is 0.00000220. The van der Waals surface area contributed by atoms with Gasteiger partial charge >= 0.3 is 0 Å². The Labute approximate surface area is 141 Å². The van der Waals surface area contributed by atoms with E-state index in [4.69, 9.17) is 17.3 Å². The summed E-state index contributed by atoms with van der Waals surface area (Å²) in [5, 5.41) is 3.68. The summed E-state index contributed by atoms with van der Waals surface area (Å²) >= 11 is 7.39. The van der Waals surface area contributed by atoms with Crippen molar-refractivity contribution < 1.29 is 4.79 Å². The molecule has 2 unspecified atom stereocenters. The van der Waals surface area contributed by atoms with E-state index >= 15 is 0 Å². The van der Waals surface area contributed by atoms with Crippen LogP contribution < -0.4 is 11.1 Å². The van der Waals surface area contributed by atoms with Gasteiger partial charge in [0.05, 0.1) is 10.8 Å². The number of amides is 1. The van der Waals surface area contributed by atoms with Crippen LogP contribution >= 0.6 is 35.8 Å². The number of thioether (sulfide) groups is 1. The number of carbonyl (C=O) groups excluding carboxylic acids is 1. The zero-order valence-corrected chi connectivity index (χ0v) is 14.7. The van der Waals surface area contributed by atoms with Crippen LogP contribution in [0.25, 0.3) is 0 Å². The number of halogens is 2. The highest BCUT2D eigenvalue weighted by Crippen LogP contribution is 2.39. The summed E-state index contributed by atoms with van der Waals surface area (Å²) < 4.78 is 0. The SMILES string of the molecule is CC(Sc1ccc(Cl)cc1)C(=O)NC(C)(CN)C1CC1.Cl. The van der Waals surface area contributed by atoms with Crippen LogP contribution in [-0.2, 0) is 4.79 Å². The Hall–Kier alpha value is -0.420. The first-order valence-electron chi connectivity index (χ1n) is 6.89. The van der Waals surface area contributed by atoms with Gasteiger partial charge in [-0.3, -0.25) is 4.79 Å². The van der Waals surface area contributed by atoms with Crippen LogP contribution in [-0.4, -0.2) is 23.2 Å². The van der Waals surface area contributed by atoms with Gasteiger partial charge in [0.25, 0.3) is 0 Å². The van der Waals surface area contributed by atoms with E-state index < -0.39 is 0 Å². The molecule has 1 aromatic carbocycles. The van der Waals surface area contributed by atoms with Crippen molar-refractivity contribution in [3.63, 3.8) is 0 Å². The van der Waals surface area contributed by atoms with Crippen molar-refractivity contribution in [1.29, 1.82) is 0 Å². The van der Waals surface area contributed by atoms with Crippen molar-refractivity contribution in [2.75, 3.05) is 6.54 Å². The van der Waals surface area contributed by atoms with Gasteiger partial charge in [0.15, 0.2) is 0 Å². The van der Waals surface area contributed by atoms with Crippen LogP contribution in [0.2, 0.25) is 5.02 Å². The summed E-state index contributed by atoms with van der Waals surface area (Å²) in [7, 11) is 0. The number of hydrogen-bond donors (Lipinski definition) is 2. The van der Waals surface area contributed by atoms with Crippen molar-refractivity contribution >= 4 is 41.7 Å². The third kappa shape index (κ3) is 5.06. The quantitative estimate of drug-likeness (QED) is 0.773. The van der Waals surface area contributed by atoms with Gasteiger partial charge in [0, 0.05) is 16.5 Å². The maximum atomic E-state index is 12.3. The average Bonchev–Trinajstić information content (AvgIpc) is 3.26. The molecular formula is C15H22Cl2N2OS. The smallest absolute Gasteiger partial charge is 0.233 e. The van der Waals surface area contributed by atoms with Crippen molar-refractivity contribution in [1.82, 2.24) is 5.32 Å². The van der Waals surface area contributed by atoms with Crippen LogP contribution in [0.5, 0.6) is 0 Å². The molecule has 0 spiro atoms. The van der Waals surface area contributed by atoms with Gasteiger partial charge in [-0.05, 0) is 56.9 Å². The van der Waals surface area contributed by atoms with Crippen LogP contribution in [0.1, 0.15) is 26.7 Å². The van der Waals surface area contributed by atoms with E-state index in [0.717, 1.165) is 17.7 Å². The molecule has 1 amide bonds. The fourth-order valence-electron chi connectivity index (χ4n) is 2.19. The predicted molar refractivity (Wildman–Crippen MR) is 92.3 cm³/mol. The number of rotatable bonds is 6. The average molecular weight is 349 g/mol. The first-order valence-corrected chi connectivity index (χ1v) is 8.14. The van der Waals surface area contributed by atoms with E-state index in [1.54, 1.807) is 0 Å². The third-order valence-electron chi connectivity index (χ3n) is 3.81. The van der Waals surface area contributed by atoms with E-state index in [0.29, 0.717) is 17.5 Å². The number of hydrogen-bond acceptors (Lipinski definition) is 3. The molecule has 6 heteroatoms. The molecule has 2 atom stereocenters. The highest BCUT2D eigenvalue weighted by molar-refractivity contribution is 8.00. The van der Waals surface area contributed by atoms with Gasteiger partial charge in [-0.15, -0.1) is 24.2 Å². The standard InChI is InChI=1S/C15H21ClN2OS.ClH/c1-10(20-13-7-5-12(16)6-8-13)14(19)18-15(2,9-17)11-3-4-11;/h5-8,10-11H,3-4,9,17H2,1-2H3,(H,18,19);1H. The number of carbonyl (C=O) groups is 1. The molecular weight excluding hydrogens is 327 g/mol.